The van der Waals surface area contributed by atoms with Crippen LogP contribution >= 0.6 is 0 Å². The van der Waals surface area contributed by atoms with Gasteiger partial charge in [0.2, 0.25) is 17.4 Å². The molecule has 0 atom stereocenters. The molecule has 0 aliphatic rings. The Kier molecular flexibility index (Phi) is 10.9. The second-order valence-corrected chi connectivity index (χ2v) is 13.4. The molecule has 0 saturated heterocycles. The molecule has 2 aromatic heterocycles. The van der Waals surface area contributed by atoms with Gasteiger partial charge in [-0.2, -0.15) is 8.78 Å². The molecule has 9 nitrogen and oxygen atoms in total. The van der Waals surface area contributed by atoms with E-state index in [-0.39, 0.29) is 41.7 Å². The van der Waals surface area contributed by atoms with Crippen LogP contribution in [0.5, 0.6) is 5.75 Å². The van der Waals surface area contributed by atoms with Gasteiger partial charge in [0.25, 0.3) is 0 Å². The first-order valence-electron chi connectivity index (χ1n) is 15.8. The molecule has 268 valence electrons. The second-order valence-electron chi connectivity index (χ2n) is 12.1. The predicted molar refractivity (Wildman–Crippen MR) is 184 cm³/mol. The van der Waals surface area contributed by atoms with Crippen LogP contribution in [0.2, 0.25) is 0 Å². The summed E-state index contributed by atoms with van der Waals surface area (Å²) in [5, 5.41) is 1.96. The van der Waals surface area contributed by atoms with E-state index < -0.39 is 56.0 Å². The van der Waals surface area contributed by atoms with Gasteiger partial charge < -0.3 is 23.2 Å². The number of nitrogens with zero attached hydrogens (tertiary/aromatic N) is 2. The molecule has 54 heavy (non-hydrogen) atoms. The van der Waals surface area contributed by atoms with Gasteiger partial charge in [0.05, 0.1) is 18.2 Å². The minimum Gasteiger partial charge on any atom is -0.744 e. The van der Waals surface area contributed by atoms with Crippen LogP contribution < -0.4 is 34.3 Å². The summed E-state index contributed by atoms with van der Waals surface area (Å²) < 4.78 is 104. The largest absolute Gasteiger partial charge is 1.00 e. The standard InChI is InChI=1S/C39H26F4N2O7S.Na/c1-51-38(46)28-6-2-4-22(16-28)20-44-14-12-24-8-10-26(18-30(24)44)27-11-9-25-13-15-45(31(25)19-27)21-23-5-3-7-29(17-23)39(47)52-36-32(40)34(42)37(53(48,49)50)35(43)33(36)41;/h2-19H,20-21H2,1H3,(H,48,49,50);/q;+1/p-1. The van der Waals surface area contributed by atoms with Crippen LogP contribution in [0.25, 0.3) is 32.9 Å². The van der Waals surface area contributed by atoms with Crippen molar-refractivity contribution in [3.63, 3.8) is 0 Å². The van der Waals surface area contributed by atoms with Crippen LogP contribution in [0, 0.1) is 23.3 Å². The number of hydrogen-bond donors (Lipinski definition) is 0. The Morgan fingerprint density at radius 1 is 0.648 bits per heavy atom. The van der Waals surface area contributed by atoms with Gasteiger partial charge in [0.1, 0.15) is 15.0 Å². The van der Waals surface area contributed by atoms with E-state index in [0.29, 0.717) is 17.7 Å². The quantitative estimate of drug-likeness (QED) is 0.0516. The van der Waals surface area contributed by atoms with E-state index in [1.165, 1.54) is 25.3 Å². The molecule has 0 fully saturated rings. The number of carbonyl (C=O) groups excluding carboxylic acids is 2. The van der Waals surface area contributed by atoms with Crippen molar-refractivity contribution in [2.24, 2.45) is 0 Å². The Balaban J connectivity index is 0.00000497. The van der Waals surface area contributed by atoms with Gasteiger partial charge in [0.15, 0.2) is 11.6 Å². The Morgan fingerprint density at radius 2 is 1.11 bits per heavy atom. The van der Waals surface area contributed by atoms with Crippen LogP contribution in [0.3, 0.4) is 0 Å². The first kappa shape index (κ1) is 38.5. The normalized spacial score (nSPS) is 11.4. The van der Waals surface area contributed by atoms with Gasteiger partial charge in [-0.15, -0.1) is 0 Å². The minimum atomic E-state index is -5.93. The molecule has 7 rings (SSSR count). The second kappa shape index (κ2) is 15.2. The summed E-state index contributed by atoms with van der Waals surface area (Å²) in [6.45, 7) is 0.768. The molecule has 0 bridgehead atoms. The maximum atomic E-state index is 14.5. The van der Waals surface area contributed by atoms with Gasteiger partial charge in [-0.3, -0.25) is 0 Å². The maximum Gasteiger partial charge on any atom is 1.00 e. The molecule has 5 aromatic carbocycles. The number of carbonyl (C=O) groups is 2. The number of methoxy groups -OCH3 is 1. The number of benzene rings is 5. The molecule has 0 radical (unpaired) electrons. The van der Waals surface area contributed by atoms with E-state index in [1.807, 2.05) is 71.6 Å². The van der Waals surface area contributed by atoms with Gasteiger partial charge in [0, 0.05) is 36.5 Å². The van der Waals surface area contributed by atoms with Crippen molar-refractivity contribution in [2.45, 2.75) is 18.0 Å². The maximum absolute atomic E-state index is 14.5. The first-order valence-corrected chi connectivity index (χ1v) is 17.2. The van der Waals surface area contributed by atoms with Crippen LogP contribution in [-0.2, 0) is 27.9 Å². The number of hydrogen-bond acceptors (Lipinski definition) is 7. The molecule has 0 aliphatic heterocycles. The monoisotopic (exact) mass is 764 g/mol. The Morgan fingerprint density at radius 3 is 1.56 bits per heavy atom. The van der Waals surface area contributed by atoms with Crippen molar-refractivity contribution in [3.05, 3.63) is 155 Å². The van der Waals surface area contributed by atoms with Crippen molar-refractivity contribution >= 4 is 43.9 Å². The molecule has 0 saturated carbocycles. The van der Waals surface area contributed by atoms with Gasteiger partial charge >= 0.3 is 41.5 Å². The van der Waals surface area contributed by atoms with Crippen LogP contribution in [0.15, 0.2) is 114 Å². The zero-order chi connectivity index (χ0) is 37.6. The zero-order valence-electron chi connectivity index (χ0n) is 28.5. The smallest absolute Gasteiger partial charge is 0.744 e. The average Bonchev–Trinajstić information content (AvgIpc) is 3.74. The molecule has 2 heterocycles. The summed E-state index contributed by atoms with van der Waals surface area (Å²) in [6, 6.07) is 29.1. The fourth-order valence-corrected chi connectivity index (χ4v) is 6.78. The third-order valence-electron chi connectivity index (χ3n) is 8.73. The summed E-state index contributed by atoms with van der Waals surface area (Å²) in [4.78, 5) is 22.5. The molecular weight excluding hydrogens is 739 g/mol. The molecular formula is C39H25F4N2NaO7S. The fraction of sp³-hybridized carbons (Fsp3) is 0.0769. The molecule has 0 unspecified atom stereocenters. The third kappa shape index (κ3) is 7.43. The van der Waals surface area contributed by atoms with Crippen molar-refractivity contribution in [3.8, 4) is 16.9 Å². The topological polar surface area (TPSA) is 120 Å². The molecule has 0 N–H and O–H groups in total. The van der Waals surface area contributed by atoms with Crippen molar-refractivity contribution in [2.75, 3.05) is 7.11 Å². The minimum absolute atomic E-state index is 0. The number of ether oxygens (including phenoxy) is 2. The van der Waals surface area contributed by atoms with E-state index in [2.05, 4.69) is 15.4 Å². The van der Waals surface area contributed by atoms with E-state index in [9.17, 15) is 40.1 Å². The summed E-state index contributed by atoms with van der Waals surface area (Å²) in [5.74, 6) is -13.3. The summed E-state index contributed by atoms with van der Waals surface area (Å²) in [5.41, 5.74) is 5.45. The molecule has 7 aromatic rings. The number of rotatable bonds is 9. The Bertz CT molecular complexity index is 2700. The number of aromatic nitrogens is 2. The summed E-state index contributed by atoms with van der Waals surface area (Å²) in [6.07, 6.45) is 3.83. The third-order valence-corrected chi connectivity index (χ3v) is 9.58. The van der Waals surface area contributed by atoms with E-state index >= 15 is 0 Å². The average molecular weight is 765 g/mol. The number of halogens is 4. The molecule has 0 spiro atoms. The van der Waals surface area contributed by atoms with Crippen LogP contribution in [-0.4, -0.2) is 41.2 Å². The zero-order valence-corrected chi connectivity index (χ0v) is 31.3. The number of esters is 2. The van der Waals surface area contributed by atoms with Gasteiger partial charge in [-0.25, -0.2) is 26.8 Å². The van der Waals surface area contributed by atoms with Crippen molar-refractivity contribution in [1.82, 2.24) is 9.13 Å². The summed E-state index contributed by atoms with van der Waals surface area (Å²) in [7, 11) is -4.59. The van der Waals surface area contributed by atoms with Crippen LogP contribution in [0.4, 0.5) is 17.6 Å². The molecule has 0 amide bonds. The molecule has 0 aliphatic carbocycles. The predicted octanol–water partition coefficient (Wildman–Crippen LogP) is 4.83. The van der Waals surface area contributed by atoms with Gasteiger partial charge in [-0.1, -0.05) is 48.5 Å². The SMILES string of the molecule is COC(=O)c1cccc(Cn2ccc3ccc(-c4ccc5ccn(Cc6cccc(C(=O)Oc7c(F)c(F)c(S(=O)(=O)[O-])c(F)c7F)c6)c5c4)cc32)c1.[Na+]. The van der Waals surface area contributed by atoms with E-state index in [0.717, 1.165) is 38.5 Å². The van der Waals surface area contributed by atoms with E-state index in [4.69, 9.17) is 4.74 Å². The Labute approximate surface area is 327 Å². The summed E-state index contributed by atoms with van der Waals surface area (Å²) >= 11 is 0. The van der Waals surface area contributed by atoms with Crippen molar-refractivity contribution < 1.29 is 79.2 Å². The molecule has 15 heteroatoms. The number of fused-ring (bicyclic) bond motifs is 2. The van der Waals surface area contributed by atoms with E-state index in [1.54, 1.807) is 18.2 Å². The van der Waals surface area contributed by atoms with Crippen molar-refractivity contribution in [1.29, 1.82) is 0 Å². The fourth-order valence-electron chi connectivity index (χ4n) is 6.16. The first-order chi connectivity index (χ1) is 25.3. The Hall–Kier alpha value is -5.25. The van der Waals surface area contributed by atoms with Crippen LogP contribution in [0.1, 0.15) is 31.8 Å². The van der Waals surface area contributed by atoms with Gasteiger partial charge in [-0.05, 0) is 81.6 Å².